The maximum atomic E-state index is 6.50. The molecule has 0 aliphatic heterocycles. The summed E-state index contributed by atoms with van der Waals surface area (Å²) in [5.74, 6) is 1.35. The fourth-order valence-corrected chi connectivity index (χ4v) is 12.3. The van der Waals surface area contributed by atoms with Gasteiger partial charge in [-0.3, -0.25) is 9.13 Å². The van der Waals surface area contributed by atoms with Crippen molar-refractivity contribution in [1.29, 1.82) is 0 Å². The third-order valence-corrected chi connectivity index (χ3v) is 16.2. The summed E-state index contributed by atoms with van der Waals surface area (Å²) >= 11 is 0. The summed E-state index contributed by atoms with van der Waals surface area (Å²) in [6, 6.07) is 93.1. The fraction of sp³-hybridized carbons (Fsp3) is 0. The highest BCUT2D eigenvalue weighted by atomic mass is 16.3. The molecule has 0 saturated carbocycles. The van der Waals surface area contributed by atoms with Crippen molar-refractivity contribution in [1.82, 2.24) is 29.1 Å². The van der Waals surface area contributed by atoms with E-state index < -0.39 is 0 Å². The molecule has 17 rings (SSSR count). The first kappa shape index (κ1) is 45.8. The average molecular weight is 1050 g/mol. The van der Waals surface area contributed by atoms with E-state index in [1.54, 1.807) is 0 Å². The first-order valence-corrected chi connectivity index (χ1v) is 27.5. The van der Waals surface area contributed by atoms with Gasteiger partial charge in [-0.05, 0) is 138 Å². The predicted molar refractivity (Wildman–Crippen MR) is 333 cm³/mol. The number of hydrogen-bond donors (Lipinski definition) is 0. The standard InChI is InChI=1S/C74H44N6O2/c1-4-16-45(17-5-1)48-30-34-69-56(38-48)58-40-50(32-36-71(58)81-69)63-44-64(51-33-37-72-59(41-51)57-39-49(31-35-70(57)82-72)46-18-6-2-7-19-46)78-74(77-63)80-66-28-13-11-23-53(66)55-42-67-54(43-68(55)80)52-22-10-12-27-65(52)79(67)73-29-15-26-62(76-73)61-25-14-24-60(75-61)47-20-8-3-9-21-47/h1-44H. The number of nitrogens with zero attached hydrogens (tertiary/aromatic N) is 6. The number of rotatable bonds is 8. The van der Waals surface area contributed by atoms with E-state index in [1.165, 1.54) is 0 Å². The zero-order valence-corrected chi connectivity index (χ0v) is 43.9. The molecule has 17 aromatic rings. The van der Waals surface area contributed by atoms with Crippen molar-refractivity contribution in [3.05, 3.63) is 267 Å². The Kier molecular flexibility index (Phi) is 10.1. The van der Waals surface area contributed by atoms with Crippen LogP contribution in [0.4, 0.5) is 0 Å². The highest BCUT2D eigenvalue weighted by Gasteiger charge is 2.23. The molecular weight excluding hydrogens is 1000 g/mol. The molecule has 0 aliphatic rings. The first-order valence-electron chi connectivity index (χ1n) is 27.5. The Balaban J connectivity index is 0.875. The van der Waals surface area contributed by atoms with Crippen molar-refractivity contribution in [3.8, 4) is 79.2 Å². The van der Waals surface area contributed by atoms with Crippen LogP contribution in [0.15, 0.2) is 276 Å². The van der Waals surface area contributed by atoms with Gasteiger partial charge >= 0.3 is 0 Å². The van der Waals surface area contributed by atoms with Crippen molar-refractivity contribution >= 4 is 87.5 Å². The molecule has 0 N–H and O–H groups in total. The molecule has 0 aliphatic carbocycles. The Morgan fingerprint density at radius 2 is 0.634 bits per heavy atom. The molecule has 7 heterocycles. The molecule has 7 aromatic heterocycles. The van der Waals surface area contributed by atoms with Gasteiger partial charge in [0.15, 0.2) is 0 Å². The van der Waals surface area contributed by atoms with Crippen LogP contribution in [0.3, 0.4) is 0 Å². The second-order valence-electron chi connectivity index (χ2n) is 21.0. The lowest BCUT2D eigenvalue weighted by molar-refractivity contribution is 0.668. The van der Waals surface area contributed by atoms with Crippen LogP contribution in [0.1, 0.15) is 0 Å². The highest BCUT2D eigenvalue weighted by Crippen LogP contribution is 2.42. The molecule has 382 valence electrons. The van der Waals surface area contributed by atoms with Gasteiger partial charge in [-0.1, -0.05) is 152 Å². The SMILES string of the molecule is c1ccc(-c2ccc3oc4ccc(-c5cc(-c6ccc7oc8ccc(-c9ccccc9)cc8c7c6)nc(-n6c7ccccc7c7cc8c(cc76)c6ccccc6n8-c6cccc(-c7cccc(-c8ccccc8)n7)n6)n5)cc4c3c2)cc1. The van der Waals surface area contributed by atoms with Crippen molar-refractivity contribution in [2.75, 3.05) is 0 Å². The number of furan rings is 2. The lowest BCUT2D eigenvalue weighted by Gasteiger charge is -2.12. The van der Waals surface area contributed by atoms with E-state index in [9.17, 15) is 0 Å². The van der Waals surface area contributed by atoms with Crippen LogP contribution in [0, 0.1) is 0 Å². The van der Waals surface area contributed by atoms with Gasteiger partial charge in [0.1, 0.15) is 28.1 Å². The Bertz CT molecular complexity index is 5230. The summed E-state index contributed by atoms with van der Waals surface area (Å²) in [6.07, 6.45) is 0. The molecule has 8 heteroatoms. The smallest absolute Gasteiger partial charge is 0.235 e. The first-order chi connectivity index (χ1) is 40.6. The zero-order valence-electron chi connectivity index (χ0n) is 43.9. The van der Waals surface area contributed by atoms with E-state index in [-0.39, 0.29) is 0 Å². The molecule has 0 fully saturated rings. The number of para-hydroxylation sites is 2. The average Bonchev–Trinajstić information content (AvgIpc) is 4.49. The van der Waals surface area contributed by atoms with Crippen LogP contribution in [0.2, 0.25) is 0 Å². The molecule has 10 aromatic carbocycles. The molecule has 0 unspecified atom stereocenters. The molecule has 0 radical (unpaired) electrons. The van der Waals surface area contributed by atoms with Crippen molar-refractivity contribution in [2.24, 2.45) is 0 Å². The van der Waals surface area contributed by atoms with E-state index in [4.69, 9.17) is 28.8 Å². The Hall–Kier alpha value is -11.2. The topological polar surface area (TPSA) is 87.7 Å². The number of fused-ring (bicyclic) bond motifs is 12. The largest absolute Gasteiger partial charge is 0.456 e. The van der Waals surface area contributed by atoms with E-state index in [0.29, 0.717) is 5.95 Å². The van der Waals surface area contributed by atoms with Gasteiger partial charge in [0, 0.05) is 59.8 Å². The highest BCUT2D eigenvalue weighted by molar-refractivity contribution is 6.19. The van der Waals surface area contributed by atoms with Gasteiger partial charge in [0.25, 0.3) is 0 Å². The summed E-state index contributed by atoms with van der Waals surface area (Å²) in [7, 11) is 0. The van der Waals surface area contributed by atoms with Gasteiger partial charge < -0.3 is 8.83 Å². The predicted octanol–water partition coefficient (Wildman–Crippen LogP) is 19.3. The minimum Gasteiger partial charge on any atom is -0.456 e. The van der Waals surface area contributed by atoms with Crippen LogP contribution in [-0.4, -0.2) is 29.1 Å². The van der Waals surface area contributed by atoms with E-state index >= 15 is 0 Å². The van der Waals surface area contributed by atoms with Crippen molar-refractivity contribution in [3.63, 3.8) is 0 Å². The zero-order chi connectivity index (χ0) is 53.8. The van der Waals surface area contributed by atoms with Crippen LogP contribution in [-0.2, 0) is 0 Å². The molecule has 0 atom stereocenters. The van der Waals surface area contributed by atoms with Crippen LogP contribution in [0.5, 0.6) is 0 Å². The van der Waals surface area contributed by atoms with Gasteiger partial charge in [-0.2, -0.15) is 0 Å². The van der Waals surface area contributed by atoms with Crippen LogP contribution in [0.25, 0.3) is 167 Å². The molecule has 0 bridgehead atoms. The van der Waals surface area contributed by atoms with Gasteiger partial charge in [-0.15, -0.1) is 0 Å². The maximum absolute atomic E-state index is 6.50. The molecular formula is C74H44N6O2. The van der Waals surface area contributed by atoms with E-state index in [1.807, 2.05) is 48.5 Å². The number of hydrogen-bond acceptors (Lipinski definition) is 6. The van der Waals surface area contributed by atoms with Gasteiger partial charge in [0.2, 0.25) is 5.95 Å². The third-order valence-electron chi connectivity index (χ3n) is 16.2. The minimum absolute atomic E-state index is 0.549. The summed E-state index contributed by atoms with van der Waals surface area (Å²) in [5.41, 5.74) is 18.9. The normalized spacial score (nSPS) is 11.9. The second kappa shape index (κ2) is 18.2. The molecule has 82 heavy (non-hydrogen) atoms. The second-order valence-corrected chi connectivity index (χ2v) is 21.0. The summed E-state index contributed by atoms with van der Waals surface area (Å²) < 4.78 is 17.5. The van der Waals surface area contributed by atoms with E-state index in [2.05, 4.69) is 228 Å². The fourth-order valence-electron chi connectivity index (χ4n) is 12.3. The lowest BCUT2D eigenvalue weighted by Crippen LogP contribution is -2.04. The molecule has 8 nitrogen and oxygen atoms in total. The third kappa shape index (κ3) is 7.39. The number of aromatic nitrogens is 6. The monoisotopic (exact) mass is 1050 g/mol. The Labute approximate surface area is 469 Å². The summed E-state index contributed by atoms with van der Waals surface area (Å²) in [5, 5.41) is 8.45. The summed E-state index contributed by atoms with van der Waals surface area (Å²) in [6.45, 7) is 0. The number of pyridine rings is 2. The van der Waals surface area contributed by atoms with Crippen molar-refractivity contribution < 1.29 is 8.83 Å². The Morgan fingerprint density at radius 3 is 1.17 bits per heavy atom. The number of benzene rings is 10. The lowest BCUT2D eigenvalue weighted by atomic mass is 10.0. The molecule has 0 saturated heterocycles. The quantitative estimate of drug-likeness (QED) is 0.151. The van der Waals surface area contributed by atoms with Crippen molar-refractivity contribution in [2.45, 2.75) is 0 Å². The van der Waals surface area contributed by atoms with Crippen LogP contribution < -0.4 is 0 Å². The van der Waals surface area contributed by atoms with E-state index in [0.717, 1.165) is 161 Å². The summed E-state index contributed by atoms with van der Waals surface area (Å²) in [4.78, 5) is 21.6. The molecule has 0 amide bonds. The minimum atomic E-state index is 0.549. The van der Waals surface area contributed by atoms with Crippen LogP contribution >= 0.6 is 0 Å². The molecule has 0 spiro atoms. The van der Waals surface area contributed by atoms with Gasteiger partial charge in [-0.25, -0.2) is 19.9 Å². The Morgan fingerprint density at radius 1 is 0.220 bits per heavy atom. The maximum Gasteiger partial charge on any atom is 0.235 e. The van der Waals surface area contributed by atoms with Gasteiger partial charge in [0.05, 0.1) is 50.5 Å².